The summed E-state index contributed by atoms with van der Waals surface area (Å²) in [5.74, 6) is -2.87. The Bertz CT molecular complexity index is 1100. The number of carbonyl (C=O) groups is 1. The molecule has 184 valence electrons. The van der Waals surface area contributed by atoms with Crippen LogP contribution in [0.3, 0.4) is 0 Å². The van der Waals surface area contributed by atoms with E-state index < -0.39 is 76.6 Å². The Morgan fingerprint density at radius 2 is 1.47 bits per heavy atom. The lowest BCUT2D eigenvalue weighted by Crippen LogP contribution is -2.50. The molecule has 2 rings (SSSR count). The number of benzene rings is 2. The van der Waals surface area contributed by atoms with Gasteiger partial charge in [-0.3, -0.25) is 4.79 Å². The van der Waals surface area contributed by atoms with Gasteiger partial charge in [0.15, 0.2) is 5.82 Å². The lowest BCUT2D eigenvalue weighted by atomic mass is 9.92. The number of nitrogens with one attached hydrogen (secondary N) is 2. The Balaban J connectivity index is 2.57. The molecule has 1 amide bonds. The first-order valence-electron chi connectivity index (χ1n) is 8.70. The summed E-state index contributed by atoms with van der Waals surface area (Å²) >= 11 is 0. The summed E-state index contributed by atoms with van der Waals surface area (Å²) in [5.41, 5.74) is -13.4. The molecule has 2 aromatic carbocycles. The molecule has 4 nitrogen and oxygen atoms in total. The monoisotopic (exact) mass is 505 g/mol. The van der Waals surface area contributed by atoms with Crippen molar-refractivity contribution >= 4 is 17.3 Å². The van der Waals surface area contributed by atoms with Crippen LogP contribution in [-0.2, 0) is 11.8 Å². The van der Waals surface area contributed by atoms with Crippen molar-refractivity contribution in [3.63, 3.8) is 0 Å². The molecule has 0 aliphatic heterocycles. The van der Waals surface area contributed by atoms with Crippen LogP contribution in [0.1, 0.15) is 21.5 Å². The van der Waals surface area contributed by atoms with Gasteiger partial charge in [-0.2, -0.15) is 44.8 Å². The molecule has 0 aliphatic carbocycles. The summed E-state index contributed by atoms with van der Waals surface area (Å²) in [7, 11) is 0. The van der Waals surface area contributed by atoms with Gasteiger partial charge in [-0.15, -0.1) is 0 Å². The topological polar surface area (TPSA) is 64.9 Å². The first-order valence-corrected chi connectivity index (χ1v) is 8.70. The van der Waals surface area contributed by atoms with Crippen molar-refractivity contribution in [1.82, 2.24) is 0 Å². The fourth-order valence-corrected chi connectivity index (χ4v) is 2.76. The van der Waals surface area contributed by atoms with E-state index in [9.17, 15) is 53.1 Å². The van der Waals surface area contributed by atoms with Gasteiger partial charge in [-0.1, -0.05) is 12.1 Å². The third-order valence-corrected chi connectivity index (χ3v) is 4.35. The summed E-state index contributed by atoms with van der Waals surface area (Å²) in [4.78, 5) is 12.3. The fraction of sp³-hybridized carbons (Fsp3) is 0.263. The molecule has 0 aliphatic rings. The first kappa shape index (κ1) is 26.7. The van der Waals surface area contributed by atoms with Gasteiger partial charge in [0, 0.05) is 5.56 Å². The Morgan fingerprint density at radius 3 is 1.97 bits per heavy atom. The molecule has 2 aromatic rings. The molecule has 15 heteroatoms. The highest BCUT2D eigenvalue weighted by molar-refractivity contribution is 6.05. The van der Waals surface area contributed by atoms with Gasteiger partial charge >= 0.3 is 24.2 Å². The standard InChI is InChI=1S/C19H10F11N3O/c20-14-10(2-1-3-13(14)32-7-6-31)15(34)33-12-5-4-9(8-11(12)17(22,23)24)16(21,18(25,26)27)19(28,29)30/h1-5,8,32H,7H2,(H,33,34). The number of nitrogens with zero attached hydrogens (tertiary/aromatic N) is 1. The molecule has 0 radical (unpaired) electrons. The fourth-order valence-electron chi connectivity index (χ4n) is 2.76. The summed E-state index contributed by atoms with van der Waals surface area (Å²) in [6.07, 6.45) is -19.0. The second kappa shape index (κ2) is 8.99. The van der Waals surface area contributed by atoms with Crippen LogP contribution in [0.5, 0.6) is 0 Å². The second-order valence-corrected chi connectivity index (χ2v) is 6.55. The van der Waals surface area contributed by atoms with Crippen molar-refractivity contribution < 1.29 is 53.1 Å². The van der Waals surface area contributed by atoms with Crippen LogP contribution in [-0.4, -0.2) is 24.8 Å². The molecule has 0 bridgehead atoms. The predicted molar refractivity (Wildman–Crippen MR) is 94.8 cm³/mol. The van der Waals surface area contributed by atoms with Crippen LogP contribution in [0, 0.1) is 17.1 Å². The zero-order valence-corrected chi connectivity index (χ0v) is 16.2. The second-order valence-electron chi connectivity index (χ2n) is 6.55. The minimum atomic E-state index is -6.67. The Morgan fingerprint density at radius 1 is 0.882 bits per heavy atom. The molecule has 0 aromatic heterocycles. The summed E-state index contributed by atoms with van der Waals surface area (Å²) < 4.78 is 146. The third-order valence-electron chi connectivity index (χ3n) is 4.35. The van der Waals surface area contributed by atoms with Crippen molar-refractivity contribution in [3.05, 3.63) is 58.9 Å². The van der Waals surface area contributed by atoms with Crippen LogP contribution in [0.25, 0.3) is 0 Å². The van der Waals surface area contributed by atoms with Crippen LogP contribution in [0.4, 0.5) is 59.7 Å². The van der Waals surface area contributed by atoms with Gasteiger partial charge in [-0.25, -0.2) is 8.78 Å². The number of carbonyl (C=O) groups excluding carboxylic acids is 1. The molecule has 34 heavy (non-hydrogen) atoms. The minimum Gasteiger partial charge on any atom is -0.370 e. The minimum absolute atomic E-state index is 0.0163. The van der Waals surface area contributed by atoms with E-state index in [1.807, 2.05) is 0 Å². The molecule has 0 spiro atoms. The highest BCUT2D eigenvalue weighted by Gasteiger charge is 2.73. The first-order chi connectivity index (χ1) is 15.4. The molecule has 0 saturated carbocycles. The van der Waals surface area contributed by atoms with E-state index >= 15 is 0 Å². The number of nitriles is 1. The maximum absolute atomic E-state index is 14.4. The molecular weight excluding hydrogens is 495 g/mol. The average molecular weight is 505 g/mol. The van der Waals surface area contributed by atoms with Gasteiger partial charge in [-0.05, 0) is 24.3 Å². The number of amides is 1. The van der Waals surface area contributed by atoms with Gasteiger partial charge in [0.25, 0.3) is 5.91 Å². The highest BCUT2D eigenvalue weighted by atomic mass is 19.4. The van der Waals surface area contributed by atoms with E-state index in [0.717, 1.165) is 18.2 Å². The average Bonchev–Trinajstić information content (AvgIpc) is 2.70. The SMILES string of the molecule is N#CCNc1cccc(C(=O)Nc2ccc(C(F)(C(F)(F)F)C(F)(F)F)cc2C(F)(F)F)c1F. The molecule has 0 heterocycles. The van der Waals surface area contributed by atoms with Crippen molar-refractivity contribution in [3.8, 4) is 6.07 Å². The van der Waals surface area contributed by atoms with E-state index in [1.54, 1.807) is 6.07 Å². The van der Waals surface area contributed by atoms with Crippen molar-refractivity contribution in [2.45, 2.75) is 24.2 Å². The van der Waals surface area contributed by atoms with Gasteiger partial charge in [0.1, 0.15) is 6.54 Å². The van der Waals surface area contributed by atoms with E-state index in [1.165, 1.54) is 5.32 Å². The molecule has 0 fully saturated rings. The molecule has 2 N–H and O–H groups in total. The number of halogens is 11. The Hall–Kier alpha value is -3.57. The number of hydrogen-bond donors (Lipinski definition) is 2. The maximum atomic E-state index is 14.4. The van der Waals surface area contributed by atoms with Crippen molar-refractivity contribution in [2.75, 3.05) is 17.2 Å². The lowest BCUT2D eigenvalue weighted by Gasteiger charge is -2.31. The third kappa shape index (κ3) is 5.00. The molecule has 0 unspecified atom stereocenters. The van der Waals surface area contributed by atoms with E-state index in [4.69, 9.17) is 5.26 Å². The van der Waals surface area contributed by atoms with Gasteiger partial charge in [0.2, 0.25) is 0 Å². The van der Waals surface area contributed by atoms with E-state index in [0.29, 0.717) is 0 Å². The largest absolute Gasteiger partial charge is 0.435 e. The van der Waals surface area contributed by atoms with Crippen LogP contribution in [0.15, 0.2) is 36.4 Å². The number of anilines is 2. The lowest BCUT2D eigenvalue weighted by molar-refractivity contribution is -0.348. The summed E-state index contributed by atoms with van der Waals surface area (Å²) in [5, 5.41) is 12.3. The van der Waals surface area contributed by atoms with Crippen molar-refractivity contribution in [1.29, 1.82) is 5.26 Å². The van der Waals surface area contributed by atoms with Gasteiger partial charge in [0.05, 0.1) is 28.6 Å². The molecule has 0 atom stereocenters. The molecular formula is C19H10F11N3O. The van der Waals surface area contributed by atoms with E-state index in [2.05, 4.69) is 5.32 Å². The summed E-state index contributed by atoms with van der Waals surface area (Å²) in [6.45, 7) is -0.412. The van der Waals surface area contributed by atoms with E-state index in [-0.39, 0.29) is 12.1 Å². The van der Waals surface area contributed by atoms with Crippen molar-refractivity contribution in [2.24, 2.45) is 0 Å². The van der Waals surface area contributed by atoms with Crippen LogP contribution in [0.2, 0.25) is 0 Å². The highest BCUT2D eigenvalue weighted by Crippen LogP contribution is 2.54. The Labute approximate surface area is 183 Å². The maximum Gasteiger partial charge on any atom is 0.435 e. The Kier molecular flexibility index (Phi) is 7.06. The number of hydrogen-bond acceptors (Lipinski definition) is 3. The summed E-state index contributed by atoms with van der Waals surface area (Å²) in [6, 6.07) is 3.58. The normalized spacial score (nSPS) is 12.8. The van der Waals surface area contributed by atoms with Gasteiger partial charge < -0.3 is 10.6 Å². The van der Waals surface area contributed by atoms with Crippen LogP contribution >= 0.6 is 0 Å². The van der Waals surface area contributed by atoms with Crippen LogP contribution < -0.4 is 10.6 Å². The smallest absolute Gasteiger partial charge is 0.370 e. The number of rotatable bonds is 5. The zero-order valence-electron chi connectivity index (χ0n) is 16.2. The quantitative estimate of drug-likeness (QED) is 0.369. The zero-order chi connectivity index (χ0) is 26.1. The predicted octanol–water partition coefficient (Wildman–Crippen LogP) is 6.32. The number of alkyl halides is 10. The molecule has 0 saturated heterocycles.